The summed E-state index contributed by atoms with van der Waals surface area (Å²) in [7, 11) is 1.61. The van der Waals surface area contributed by atoms with E-state index in [9.17, 15) is 4.79 Å². The van der Waals surface area contributed by atoms with Crippen molar-refractivity contribution in [1.82, 2.24) is 4.90 Å². The van der Waals surface area contributed by atoms with Gasteiger partial charge in [0.2, 0.25) is 0 Å². The summed E-state index contributed by atoms with van der Waals surface area (Å²) in [5.41, 5.74) is 5.81. The minimum absolute atomic E-state index is 0.0974. The van der Waals surface area contributed by atoms with Crippen LogP contribution in [-0.2, 0) is 0 Å². The van der Waals surface area contributed by atoms with E-state index in [4.69, 9.17) is 10.5 Å². The molecule has 1 aliphatic rings. The van der Waals surface area contributed by atoms with Crippen molar-refractivity contribution in [3.8, 4) is 5.75 Å². The fraction of sp³-hybridized carbons (Fsp3) is 0.545. The quantitative estimate of drug-likeness (QED) is 0.848. The summed E-state index contributed by atoms with van der Waals surface area (Å²) in [4.78, 5) is 14.7. The number of amides is 1. The van der Waals surface area contributed by atoms with Crippen LogP contribution in [0.2, 0.25) is 0 Å². The molecule has 5 heteroatoms. The zero-order valence-electron chi connectivity index (χ0n) is 9.31. The van der Waals surface area contributed by atoms with E-state index < -0.39 is 0 Å². The molecule has 0 bridgehead atoms. The highest BCUT2D eigenvalue weighted by molar-refractivity contribution is 7.12. The first-order valence-electron chi connectivity index (χ1n) is 5.38. The fourth-order valence-corrected chi connectivity index (χ4v) is 2.62. The molecule has 2 N–H and O–H groups in total. The minimum Gasteiger partial charge on any atom is -0.496 e. The van der Waals surface area contributed by atoms with Crippen molar-refractivity contribution >= 4 is 17.2 Å². The smallest absolute Gasteiger partial charge is 0.264 e. The number of hydrogen-bond donors (Lipinski definition) is 1. The molecule has 2 rings (SSSR count). The molecule has 0 radical (unpaired) electrons. The molecule has 4 nitrogen and oxygen atoms in total. The number of rotatable bonds is 2. The first-order chi connectivity index (χ1) is 7.70. The predicted octanol–water partition coefficient (Wildman–Crippen LogP) is 1.32. The number of thiophene rings is 1. The van der Waals surface area contributed by atoms with Crippen LogP contribution in [0.15, 0.2) is 11.4 Å². The van der Waals surface area contributed by atoms with E-state index in [-0.39, 0.29) is 11.9 Å². The highest BCUT2D eigenvalue weighted by Crippen LogP contribution is 2.23. The second-order valence-electron chi connectivity index (χ2n) is 3.98. The third-order valence-electron chi connectivity index (χ3n) is 2.85. The summed E-state index contributed by atoms with van der Waals surface area (Å²) in [5, 5.41) is 1.85. The molecule has 0 unspecified atom stereocenters. The van der Waals surface area contributed by atoms with Gasteiger partial charge in [0.1, 0.15) is 5.75 Å². The van der Waals surface area contributed by atoms with Gasteiger partial charge in [-0.05, 0) is 12.8 Å². The number of carbonyl (C=O) groups excluding carboxylic acids is 1. The molecule has 0 aliphatic carbocycles. The highest BCUT2D eigenvalue weighted by Gasteiger charge is 2.22. The van der Waals surface area contributed by atoms with Crippen LogP contribution >= 0.6 is 11.3 Å². The minimum atomic E-state index is 0.0974. The van der Waals surface area contributed by atoms with Gasteiger partial charge in [-0.15, -0.1) is 11.3 Å². The lowest BCUT2D eigenvalue weighted by Crippen LogP contribution is -2.42. The first-order valence-corrected chi connectivity index (χ1v) is 6.26. The van der Waals surface area contributed by atoms with Gasteiger partial charge >= 0.3 is 0 Å². The predicted molar refractivity (Wildman–Crippen MR) is 64.0 cm³/mol. The highest BCUT2D eigenvalue weighted by atomic mass is 32.1. The summed E-state index contributed by atoms with van der Waals surface area (Å²) >= 11 is 1.43. The monoisotopic (exact) mass is 240 g/mol. The summed E-state index contributed by atoms with van der Waals surface area (Å²) in [6, 6.07) is 2.04. The summed E-state index contributed by atoms with van der Waals surface area (Å²) in [6.07, 6.45) is 1.79. The van der Waals surface area contributed by atoms with Crippen LogP contribution in [0.3, 0.4) is 0 Å². The Bertz CT molecular complexity index is 370. The summed E-state index contributed by atoms with van der Waals surface area (Å²) in [6.45, 7) is 1.53. The van der Waals surface area contributed by atoms with Crippen molar-refractivity contribution in [3.63, 3.8) is 0 Å². The van der Waals surface area contributed by atoms with Gasteiger partial charge < -0.3 is 15.4 Å². The molecule has 1 aromatic heterocycles. The Morgan fingerprint density at radius 1 is 1.56 bits per heavy atom. The molecule has 0 saturated carbocycles. The van der Waals surface area contributed by atoms with Crippen LogP contribution in [-0.4, -0.2) is 37.0 Å². The van der Waals surface area contributed by atoms with E-state index in [1.54, 1.807) is 13.2 Å². The van der Waals surface area contributed by atoms with Crippen molar-refractivity contribution in [2.24, 2.45) is 5.73 Å². The molecule has 88 valence electrons. The van der Waals surface area contributed by atoms with Crippen LogP contribution in [0.4, 0.5) is 0 Å². The first kappa shape index (κ1) is 11.4. The molecule has 1 fully saturated rings. The molecular weight excluding hydrogens is 224 g/mol. The van der Waals surface area contributed by atoms with Gasteiger partial charge in [0.05, 0.1) is 12.0 Å². The Kier molecular flexibility index (Phi) is 3.46. The molecule has 1 amide bonds. The lowest BCUT2D eigenvalue weighted by molar-refractivity contribution is 0.0719. The number of nitrogens with two attached hydrogens (primary N) is 1. The van der Waals surface area contributed by atoms with Crippen LogP contribution in [0.25, 0.3) is 0 Å². The Morgan fingerprint density at radius 3 is 2.81 bits per heavy atom. The number of ether oxygens (including phenoxy) is 1. The topological polar surface area (TPSA) is 55.6 Å². The number of piperidine rings is 1. The molecule has 0 aromatic carbocycles. The van der Waals surface area contributed by atoms with E-state index in [0.29, 0.717) is 0 Å². The van der Waals surface area contributed by atoms with Gasteiger partial charge in [0.25, 0.3) is 5.91 Å². The molecule has 0 atom stereocenters. The zero-order valence-corrected chi connectivity index (χ0v) is 10.1. The molecular formula is C11H16N2O2S. The molecule has 2 heterocycles. The summed E-state index contributed by atoms with van der Waals surface area (Å²) < 4.78 is 5.07. The Hall–Kier alpha value is -1.07. The average Bonchev–Trinajstić information content (AvgIpc) is 2.77. The van der Waals surface area contributed by atoms with E-state index >= 15 is 0 Å². The Labute approximate surface area is 99.0 Å². The number of nitrogens with zero attached hydrogens (tertiary/aromatic N) is 1. The van der Waals surface area contributed by atoms with Crippen LogP contribution < -0.4 is 10.5 Å². The van der Waals surface area contributed by atoms with Crippen LogP contribution in [0.5, 0.6) is 5.75 Å². The standard InChI is InChI=1S/C11H16N2O2S/c1-15-9-6-10(16-7-9)11(14)13-4-2-8(12)3-5-13/h6-8H,2-5,12H2,1H3. The lowest BCUT2D eigenvalue weighted by Gasteiger charge is -2.29. The maximum atomic E-state index is 12.1. The zero-order chi connectivity index (χ0) is 11.5. The second kappa shape index (κ2) is 4.84. The van der Waals surface area contributed by atoms with Gasteiger partial charge in [-0.2, -0.15) is 0 Å². The van der Waals surface area contributed by atoms with Gasteiger partial charge in [-0.1, -0.05) is 0 Å². The molecule has 1 aromatic rings. The van der Waals surface area contributed by atoms with Gasteiger partial charge in [-0.3, -0.25) is 4.79 Å². The SMILES string of the molecule is COc1csc(C(=O)N2CCC(N)CC2)c1. The molecule has 1 aliphatic heterocycles. The molecule has 16 heavy (non-hydrogen) atoms. The van der Waals surface area contributed by atoms with Crippen LogP contribution in [0, 0.1) is 0 Å². The van der Waals surface area contributed by atoms with Gasteiger partial charge in [-0.25, -0.2) is 0 Å². The number of carbonyl (C=O) groups is 1. The number of methoxy groups -OCH3 is 1. The maximum Gasteiger partial charge on any atom is 0.264 e. The van der Waals surface area contributed by atoms with Crippen molar-refractivity contribution < 1.29 is 9.53 Å². The largest absolute Gasteiger partial charge is 0.496 e. The van der Waals surface area contributed by atoms with Crippen molar-refractivity contribution in [1.29, 1.82) is 0 Å². The van der Waals surface area contributed by atoms with Crippen molar-refractivity contribution in [3.05, 3.63) is 16.3 Å². The average molecular weight is 240 g/mol. The van der Waals surface area contributed by atoms with Crippen molar-refractivity contribution in [2.75, 3.05) is 20.2 Å². The van der Waals surface area contributed by atoms with Gasteiger partial charge in [0, 0.05) is 30.6 Å². The van der Waals surface area contributed by atoms with Crippen molar-refractivity contribution in [2.45, 2.75) is 18.9 Å². The number of hydrogen-bond acceptors (Lipinski definition) is 4. The van der Waals surface area contributed by atoms with E-state index in [1.807, 2.05) is 10.3 Å². The maximum absolute atomic E-state index is 12.1. The number of likely N-dealkylation sites (tertiary alicyclic amines) is 1. The van der Waals surface area contributed by atoms with E-state index in [1.165, 1.54) is 11.3 Å². The Balaban J connectivity index is 2.01. The molecule has 0 spiro atoms. The molecule has 1 saturated heterocycles. The van der Waals surface area contributed by atoms with Crippen LogP contribution in [0.1, 0.15) is 22.5 Å². The second-order valence-corrected chi connectivity index (χ2v) is 4.89. The van der Waals surface area contributed by atoms with Gasteiger partial charge in [0.15, 0.2) is 0 Å². The fourth-order valence-electron chi connectivity index (χ4n) is 1.80. The third kappa shape index (κ3) is 2.36. The normalized spacial score (nSPS) is 17.5. The third-order valence-corrected chi connectivity index (χ3v) is 3.75. The van der Waals surface area contributed by atoms with E-state index in [2.05, 4.69) is 0 Å². The Morgan fingerprint density at radius 2 is 2.25 bits per heavy atom. The van der Waals surface area contributed by atoms with E-state index in [0.717, 1.165) is 36.6 Å². The lowest BCUT2D eigenvalue weighted by atomic mass is 10.1. The summed E-state index contributed by atoms with van der Waals surface area (Å²) in [5.74, 6) is 0.849.